The van der Waals surface area contributed by atoms with Crippen molar-refractivity contribution in [2.75, 3.05) is 20.8 Å². The fraction of sp³-hybridized carbons (Fsp3) is 0.304. The highest BCUT2D eigenvalue weighted by Crippen LogP contribution is 2.42. The number of carbonyl (C=O) groups is 2. The molecule has 0 unspecified atom stereocenters. The monoisotopic (exact) mass is 426 g/mol. The van der Waals surface area contributed by atoms with E-state index in [9.17, 15) is 14.7 Å². The quantitative estimate of drug-likeness (QED) is 0.703. The largest absolute Gasteiger partial charge is 0.493 e. The molecular formula is C23H22O8. The van der Waals surface area contributed by atoms with E-state index in [1.165, 1.54) is 26.4 Å². The van der Waals surface area contributed by atoms with Crippen LogP contribution in [0.1, 0.15) is 33.2 Å². The van der Waals surface area contributed by atoms with E-state index in [1.807, 2.05) is 6.92 Å². The molecule has 4 rings (SSSR count). The summed E-state index contributed by atoms with van der Waals surface area (Å²) in [7, 11) is 2.96. The topological polar surface area (TPSA) is 101 Å². The van der Waals surface area contributed by atoms with E-state index in [2.05, 4.69) is 6.58 Å². The van der Waals surface area contributed by atoms with Crippen molar-refractivity contribution < 1.29 is 38.4 Å². The third-order valence-electron chi connectivity index (χ3n) is 5.35. The molecule has 2 atom stereocenters. The Morgan fingerprint density at radius 1 is 1.16 bits per heavy atom. The van der Waals surface area contributed by atoms with E-state index >= 15 is 0 Å². The Kier molecular flexibility index (Phi) is 5.22. The molecule has 0 fully saturated rings. The fourth-order valence-corrected chi connectivity index (χ4v) is 3.69. The third-order valence-corrected chi connectivity index (χ3v) is 5.35. The summed E-state index contributed by atoms with van der Waals surface area (Å²) in [4.78, 5) is 25.0. The molecule has 0 amide bonds. The maximum absolute atomic E-state index is 13.1. The molecule has 2 aliphatic rings. The van der Waals surface area contributed by atoms with Crippen LogP contribution in [-0.2, 0) is 6.42 Å². The summed E-state index contributed by atoms with van der Waals surface area (Å²) in [5, 5.41) is 9.67. The van der Waals surface area contributed by atoms with Crippen molar-refractivity contribution in [2.45, 2.75) is 25.6 Å². The van der Waals surface area contributed by atoms with E-state index in [4.69, 9.17) is 23.7 Å². The number of fused-ring (bicyclic) bond motifs is 2. The zero-order valence-electron chi connectivity index (χ0n) is 17.4. The predicted molar refractivity (Wildman–Crippen MR) is 110 cm³/mol. The van der Waals surface area contributed by atoms with Crippen LogP contribution < -0.4 is 23.7 Å². The van der Waals surface area contributed by atoms with E-state index in [0.29, 0.717) is 35.0 Å². The molecule has 2 heterocycles. The average Bonchev–Trinajstić information content (AvgIpc) is 3.20. The van der Waals surface area contributed by atoms with Crippen LogP contribution in [0.25, 0.3) is 0 Å². The second-order valence-corrected chi connectivity index (χ2v) is 7.37. The fourth-order valence-electron chi connectivity index (χ4n) is 3.69. The van der Waals surface area contributed by atoms with Crippen LogP contribution in [0.5, 0.6) is 28.7 Å². The Morgan fingerprint density at radius 2 is 1.87 bits per heavy atom. The van der Waals surface area contributed by atoms with Gasteiger partial charge < -0.3 is 28.8 Å². The van der Waals surface area contributed by atoms with Crippen molar-refractivity contribution in [3.8, 4) is 28.7 Å². The molecule has 0 aromatic heterocycles. The standard InChI is InChI=1S/C23H22O8/c1-11(2)16-8-14-15(30-16)6-5-12(23(25)26)22(14)31-20-10-29-17-9-19(28-4)18(27-3)7-13(17)21(20)24/h5-7,9,16,20H,1,8,10H2,2-4H3,(H,25,26)/t16-,20-/m1/s1. The van der Waals surface area contributed by atoms with Gasteiger partial charge in [0.1, 0.15) is 35.5 Å². The van der Waals surface area contributed by atoms with Gasteiger partial charge in [0, 0.05) is 18.1 Å². The average molecular weight is 426 g/mol. The van der Waals surface area contributed by atoms with Crippen LogP contribution in [0.2, 0.25) is 0 Å². The van der Waals surface area contributed by atoms with Gasteiger partial charge in [-0.3, -0.25) is 4.79 Å². The molecule has 2 aromatic rings. The molecule has 0 aliphatic carbocycles. The van der Waals surface area contributed by atoms with Crippen LogP contribution in [0.4, 0.5) is 0 Å². The number of carboxylic acid groups (broad SMARTS) is 1. The van der Waals surface area contributed by atoms with Gasteiger partial charge >= 0.3 is 5.97 Å². The summed E-state index contributed by atoms with van der Waals surface area (Å²) in [5.41, 5.74) is 1.63. The molecule has 31 heavy (non-hydrogen) atoms. The van der Waals surface area contributed by atoms with Gasteiger partial charge in [-0.2, -0.15) is 0 Å². The second-order valence-electron chi connectivity index (χ2n) is 7.37. The second kappa shape index (κ2) is 7.86. The van der Waals surface area contributed by atoms with Gasteiger partial charge in [0.25, 0.3) is 0 Å². The number of rotatable bonds is 6. The third kappa shape index (κ3) is 3.54. The molecule has 2 aromatic carbocycles. The van der Waals surface area contributed by atoms with Crippen LogP contribution in [0.3, 0.4) is 0 Å². The van der Waals surface area contributed by atoms with Gasteiger partial charge in [0.15, 0.2) is 17.6 Å². The molecule has 0 saturated heterocycles. The molecule has 1 N–H and O–H groups in total. The number of benzene rings is 2. The summed E-state index contributed by atoms with van der Waals surface area (Å²) >= 11 is 0. The first-order valence-electron chi connectivity index (χ1n) is 9.65. The molecule has 2 aliphatic heterocycles. The first kappa shape index (κ1) is 20.6. The molecular weight excluding hydrogens is 404 g/mol. The van der Waals surface area contributed by atoms with Crippen molar-refractivity contribution in [1.82, 2.24) is 0 Å². The highest BCUT2D eigenvalue weighted by molar-refractivity contribution is 6.04. The minimum atomic E-state index is -1.16. The Labute approximate surface area is 178 Å². The van der Waals surface area contributed by atoms with Crippen molar-refractivity contribution in [2.24, 2.45) is 0 Å². The van der Waals surface area contributed by atoms with Crippen LogP contribution in [0.15, 0.2) is 36.4 Å². The summed E-state index contributed by atoms with van der Waals surface area (Å²) < 4.78 is 28.1. The van der Waals surface area contributed by atoms with Gasteiger partial charge in [-0.05, 0) is 30.7 Å². The molecule has 0 radical (unpaired) electrons. The van der Waals surface area contributed by atoms with E-state index < -0.39 is 12.1 Å². The van der Waals surface area contributed by atoms with Gasteiger partial charge in [0.2, 0.25) is 5.78 Å². The van der Waals surface area contributed by atoms with Gasteiger partial charge in [-0.25, -0.2) is 4.79 Å². The Bertz CT molecular complexity index is 1090. The number of carboxylic acids is 1. The van der Waals surface area contributed by atoms with Gasteiger partial charge in [-0.15, -0.1) is 0 Å². The number of methoxy groups -OCH3 is 2. The van der Waals surface area contributed by atoms with Crippen molar-refractivity contribution in [1.29, 1.82) is 0 Å². The van der Waals surface area contributed by atoms with Crippen molar-refractivity contribution >= 4 is 11.8 Å². The molecule has 0 spiro atoms. The lowest BCUT2D eigenvalue weighted by molar-refractivity contribution is 0.0594. The number of carbonyl (C=O) groups excluding carboxylic acids is 1. The summed E-state index contributed by atoms with van der Waals surface area (Å²) in [6.07, 6.45) is -0.902. The lowest BCUT2D eigenvalue weighted by Crippen LogP contribution is -2.38. The highest BCUT2D eigenvalue weighted by Gasteiger charge is 2.36. The minimum absolute atomic E-state index is 0.0457. The van der Waals surface area contributed by atoms with Crippen LogP contribution >= 0.6 is 0 Å². The smallest absolute Gasteiger partial charge is 0.339 e. The molecule has 0 saturated carbocycles. The Hall–Kier alpha value is -3.68. The Balaban J connectivity index is 1.70. The van der Waals surface area contributed by atoms with Gasteiger partial charge in [-0.1, -0.05) is 6.58 Å². The number of aromatic carboxylic acids is 1. The summed E-state index contributed by atoms with van der Waals surface area (Å²) in [6, 6.07) is 6.11. The van der Waals surface area contributed by atoms with E-state index in [0.717, 1.165) is 5.57 Å². The number of ether oxygens (including phenoxy) is 5. The van der Waals surface area contributed by atoms with Crippen LogP contribution in [-0.4, -0.2) is 49.9 Å². The van der Waals surface area contributed by atoms with E-state index in [-0.39, 0.29) is 35.4 Å². The molecule has 162 valence electrons. The maximum atomic E-state index is 13.1. The predicted octanol–water partition coefficient (Wildman–Crippen LogP) is 3.30. The lowest BCUT2D eigenvalue weighted by Gasteiger charge is -2.27. The highest BCUT2D eigenvalue weighted by atomic mass is 16.5. The zero-order chi connectivity index (χ0) is 22.3. The van der Waals surface area contributed by atoms with Crippen molar-refractivity contribution in [3.63, 3.8) is 0 Å². The SMILES string of the molecule is C=C(C)[C@H]1Cc2c(ccc(C(=O)O)c2O[C@@H]2COc3cc(OC)c(OC)cc3C2=O)O1. The zero-order valence-corrected chi connectivity index (χ0v) is 17.4. The van der Waals surface area contributed by atoms with E-state index in [1.54, 1.807) is 12.1 Å². The number of ketones is 1. The molecule has 8 heteroatoms. The van der Waals surface area contributed by atoms with Crippen molar-refractivity contribution in [3.05, 3.63) is 53.1 Å². The number of hydrogen-bond donors (Lipinski definition) is 1. The molecule has 0 bridgehead atoms. The van der Waals surface area contributed by atoms with Gasteiger partial charge in [0.05, 0.1) is 19.8 Å². The summed E-state index contributed by atoms with van der Waals surface area (Å²) in [5.74, 6) is 0.293. The lowest BCUT2D eigenvalue weighted by atomic mass is 10.00. The first-order chi connectivity index (χ1) is 14.8. The number of Topliss-reactive ketones (excluding diaryl/α,β-unsaturated/α-hetero) is 1. The maximum Gasteiger partial charge on any atom is 0.339 e. The molecule has 8 nitrogen and oxygen atoms in total. The summed E-state index contributed by atoms with van der Waals surface area (Å²) in [6.45, 7) is 5.68. The number of hydrogen-bond acceptors (Lipinski definition) is 7. The Morgan fingerprint density at radius 3 is 2.52 bits per heavy atom. The minimum Gasteiger partial charge on any atom is -0.493 e. The normalized spacial score (nSPS) is 18.9. The van der Waals surface area contributed by atoms with Crippen LogP contribution in [0, 0.1) is 0 Å². The first-order valence-corrected chi connectivity index (χ1v) is 9.65.